The molecule has 2 saturated heterocycles. The highest BCUT2D eigenvalue weighted by Crippen LogP contribution is 2.36. The molecule has 48 heavy (non-hydrogen) atoms. The van der Waals surface area contributed by atoms with Crippen molar-refractivity contribution >= 4 is 33.7 Å². The first-order valence-corrected chi connectivity index (χ1v) is 16.9. The van der Waals surface area contributed by atoms with E-state index >= 15 is 0 Å². The van der Waals surface area contributed by atoms with E-state index in [0.29, 0.717) is 13.1 Å². The second-order valence-electron chi connectivity index (χ2n) is 15.0. The number of imidazole rings is 2. The van der Waals surface area contributed by atoms with E-state index < -0.39 is 11.2 Å². The Balaban J connectivity index is 1.10. The van der Waals surface area contributed by atoms with Crippen molar-refractivity contribution in [2.75, 3.05) is 13.1 Å². The van der Waals surface area contributed by atoms with Crippen LogP contribution < -0.4 is 0 Å². The first-order valence-electron chi connectivity index (χ1n) is 16.9. The minimum absolute atomic E-state index is 0.125. The minimum atomic E-state index is -0.542. The Morgan fingerprint density at radius 2 is 1.06 bits per heavy atom. The molecule has 1 unspecified atom stereocenters. The van der Waals surface area contributed by atoms with Gasteiger partial charge in [0.15, 0.2) is 0 Å². The zero-order valence-electron chi connectivity index (χ0n) is 28.6. The summed E-state index contributed by atoms with van der Waals surface area (Å²) in [5, 5.41) is 4.54. The number of ether oxygens (including phenoxy) is 2. The summed E-state index contributed by atoms with van der Waals surface area (Å²) < 4.78 is 11.3. The van der Waals surface area contributed by atoms with Crippen LogP contribution in [-0.2, 0) is 9.47 Å². The number of carbonyl (C=O) groups excluding carboxylic acids is 2. The number of hydrogen-bond donors (Lipinski definition) is 2. The summed E-state index contributed by atoms with van der Waals surface area (Å²) in [4.78, 5) is 45.6. The molecule has 2 aromatic heterocycles. The van der Waals surface area contributed by atoms with E-state index in [9.17, 15) is 9.59 Å². The van der Waals surface area contributed by atoms with Crippen molar-refractivity contribution in [3.05, 3.63) is 72.6 Å². The van der Waals surface area contributed by atoms with E-state index in [2.05, 4.69) is 68.5 Å². The fourth-order valence-corrected chi connectivity index (χ4v) is 6.82. The summed E-state index contributed by atoms with van der Waals surface area (Å²) in [6, 6.07) is 17.0. The Morgan fingerprint density at radius 1 is 0.646 bits per heavy atom. The van der Waals surface area contributed by atoms with Crippen LogP contribution in [-0.4, -0.2) is 66.2 Å². The molecule has 0 radical (unpaired) electrons. The quantitative estimate of drug-likeness (QED) is 0.188. The zero-order valence-corrected chi connectivity index (χ0v) is 28.6. The molecule has 3 aromatic carbocycles. The van der Waals surface area contributed by atoms with Gasteiger partial charge in [0.1, 0.15) is 22.9 Å². The minimum Gasteiger partial charge on any atom is -0.444 e. The number of hydrogen-bond acceptors (Lipinski definition) is 6. The highest BCUT2D eigenvalue weighted by atomic mass is 16.6. The molecule has 2 N–H and O–H groups in total. The molecule has 2 aliphatic heterocycles. The van der Waals surface area contributed by atoms with E-state index in [-0.39, 0.29) is 24.3 Å². The second-order valence-corrected chi connectivity index (χ2v) is 15.0. The number of amides is 2. The average Bonchev–Trinajstić information content (AvgIpc) is 3.83. The van der Waals surface area contributed by atoms with Gasteiger partial charge in [0, 0.05) is 24.2 Å². The van der Waals surface area contributed by atoms with Gasteiger partial charge in [-0.1, -0.05) is 24.3 Å². The summed E-state index contributed by atoms with van der Waals surface area (Å²) in [7, 11) is 0. The van der Waals surface area contributed by atoms with Crippen LogP contribution in [0.5, 0.6) is 0 Å². The predicted octanol–water partition coefficient (Wildman–Crippen LogP) is 8.92. The van der Waals surface area contributed by atoms with E-state index in [1.54, 1.807) is 9.80 Å². The SMILES string of the molecule is CC(C)(C)OC(=O)N1CCCC1c1ncc(-c2ccc3cc4cc(-c5cnc([C@@H]6CCCN6C(=O)OC(C)(C)C)[nH]5)ccc4cc3c2)[nH]1. The van der Waals surface area contributed by atoms with Crippen molar-refractivity contribution in [1.82, 2.24) is 29.7 Å². The first-order chi connectivity index (χ1) is 22.8. The fourth-order valence-electron chi connectivity index (χ4n) is 6.82. The van der Waals surface area contributed by atoms with Crippen LogP contribution in [0.4, 0.5) is 9.59 Å². The van der Waals surface area contributed by atoms with Crippen molar-refractivity contribution in [1.29, 1.82) is 0 Å². The molecule has 0 bridgehead atoms. The number of benzene rings is 3. The third-order valence-corrected chi connectivity index (χ3v) is 9.00. The van der Waals surface area contributed by atoms with Crippen molar-refractivity contribution in [3.8, 4) is 22.5 Å². The molecule has 10 nitrogen and oxygen atoms in total. The van der Waals surface area contributed by atoms with Gasteiger partial charge in [-0.2, -0.15) is 0 Å². The van der Waals surface area contributed by atoms with Crippen LogP contribution in [0.15, 0.2) is 60.9 Å². The molecular weight excluding hydrogens is 604 g/mol. The van der Waals surface area contributed by atoms with Crippen LogP contribution >= 0.6 is 0 Å². The van der Waals surface area contributed by atoms with Gasteiger partial charge >= 0.3 is 12.2 Å². The van der Waals surface area contributed by atoms with Crippen LogP contribution in [0.25, 0.3) is 44.1 Å². The van der Waals surface area contributed by atoms with Crippen LogP contribution in [0, 0.1) is 0 Å². The Bertz CT molecular complexity index is 1850. The standard InChI is InChI=1S/C38H44N6O4/c1-37(2,3)47-35(45)43-15-7-9-31(43)33-39-21-29(41-33)25-13-11-23-18-28-20-26(14-12-24(28)17-27(23)19-25)30-22-40-34(42-30)32-10-8-16-44(32)36(46)48-38(4,5)6/h11-14,17-22,31-32H,7-10,15-16H2,1-6H3,(H,39,41)(H,40,42)/t31-,32?/m0/s1. The van der Waals surface area contributed by atoms with Gasteiger partial charge < -0.3 is 19.4 Å². The molecule has 10 heteroatoms. The maximum atomic E-state index is 12.8. The van der Waals surface area contributed by atoms with Crippen LogP contribution in [0.3, 0.4) is 0 Å². The second kappa shape index (κ2) is 12.0. The van der Waals surface area contributed by atoms with Gasteiger partial charge in [0.25, 0.3) is 0 Å². The van der Waals surface area contributed by atoms with E-state index in [4.69, 9.17) is 9.47 Å². The molecule has 2 fully saturated rings. The number of likely N-dealkylation sites (tertiary alicyclic amines) is 2. The number of aromatic amines is 2. The van der Waals surface area contributed by atoms with Crippen molar-refractivity contribution in [3.63, 3.8) is 0 Å². The smallest absolute Gasteiger partial charge is 0.410 e. The normalized spacial score (nSPS) is 18.6. The van der Waals surface area contributed by atoms with Gasteiger partial charge in [-0.25, -0.2) is 19.6 Å². The van der Waals surface area contributed by atoms with Gasteiger partial charge in [-0.05, 0) is 113 Å². The van der Waals surface area contributed by atoms with Gasteiger partial charge in [-0.15, -0.1) is 0 Å². The third-order valence-electron chi connectivity index (χ3n) is 9.00. The monoisotopic (exact) mass is 648 g/mol. The number of H-pyrrole nitrogens is 2. The lowest BCUT2D eigenvalue weighted by Crippen LogP contribution is -2.36. The van der Waals surface area contributed by atoms with E-state index in [0.717, 1.165) is 81.4 Å². The summed E-state index contributed by atoms with van der Waals surface area (Å²) in [5.41, 5.74) is 2.83. The highest BCUT2D eigenvalue weighted by molar-refractivity contribution is 6.00. The molecule has 0 saturated carbocycles. The molecular formula is C38H44N6O4. The Morgan fingerprint density at radius 3 is 1.46 bits per heavy atom. The lowest BCUT2D eigenvalue weighted by Gasteiger charge is -2.27. The van der Waals surface area contributed by atoms with E-state index in [1.165, 1.54) is 0 Å². The van der Waals surface area contributed by atoms with E-state index in [1.807, 2.05) is 53.9 Å². The van der Waals surface area contributed by atoms with Gasteiger partial charge in [0.05, 0.1) is 35.9 Å². The van der Waals surface area contributed by atoms with Crippen molar-refractivity contribution in [2.24, 2.45) is 0 Å². The Labute approximate surface area is 280 Å². The molecule has 0 spiro atoms. The molecule has 250 valence electrons. The van der Waals surface area contributed by atoms with Crippen LogP contribution in [0.1, 0.15) is 91.0 Å². The maximum absolute atomic E-state index is 12.8. The molecule has 7 rings (SSSR count). The summed E-state index contributed by atoms with van der Waals surface area (Å²) in [6.45, 7) is 12.6. The van der Waals surface area contributed by atoms with Crippen molar-refractivity contribution in [2.45, 2.75) is 90.5 Å². The van der Waals surface area contributed by atoms with Gasteiger partial charge in [-0.3, -0.25) is 9.80 Å². The topological polar surface area (TPSA) is 116 Å². The fraction of sp³-hybridized carbons (Fsp3) is 0.421. The third kappa shape index (κ3) is 6.48. The largest absolute Gasteiger partial charge is 0.444 e. The molecule has 2 aliphatic rings. The average molecular weight is 649 g/mol. The summed E-state index contributed by atoms with van der Waals surface area (Å²) in [6.07, 6.45) is 6.65. The predicted molar refractivity (Wildman–Crippen MR) is 186 cm³/mol. The maximum Gasteiger partial charge on any atom is 0.410 e. The van der Waals surface area contributed by atoms with Gasteiger partial charge in [0.2, 0.25) is 0 Å². The number of aromatic nitrogens is 4. The molecule has 2 atom stereocenters. The Hall–Kier alpha value is -4.86. The number of carbonyl (C=O) groups is 2. The molecule has 5 aromatic rings. The lowest BCUT2D eigenvalue weighted by atomic mass is 9.99. The molecule has 4 heterocycles. The number of nitrogens with zero attached hydrogens (tertiary/aromatic N) is 4. The number of fused-ring (bicyclic) bond motifs is 2. The summed E-state index contributed by atoms with van der Waals surface area (Å²) >= 11 is 0. The Kier molecular flexibility index (Phi) is 7.92. The lowest BCUT2D eigenvalue weighted by molar-refractivity contribution is 0.0208. The highest BCUT2D eigenvalue weighted by Gasteiger charge is 2.36. The summed E-state index contributed by atoms with van der Waals surface area (Å²) in [5.74, 6) is 1.57. The van der Waals surface area contributed by atoms with Crippen LogP contribution in [0.2, 0.25) is 0 Å². The zero-order chi connectivity index (χ0) is 33.8. The van der Waals surface area contributed by atoms with Crippen molar-refractivity contribution < 1.29 is 19.1 Å². The molecule has 0 aliphatic carbocycles. The molecule has 2 amide bonds. The number of rotatable bonds is 4. The number of nitrogens with one attached hydrogen (secondary N) is 2. The first kappa shape index (κ1) is 31.7.